The van der Waals surface area contributed by atoms with Crippen LogP contribution in [0.15, 0.2) is 36.4 Å². The van der Waals surface area contributed by atoms with Crippen LogP contribution < -0.4 is 20.1 Å². The van der Waals surface area contributed by atoms with Crippen LogP contribution in [-0.4, -0.2) is 75.9 Å². The Bertz CT molecular complexity index is 1170. The summed E-state index contributed by atoms with van der Waals surface area (Å²) in [6, 6.07) is 9.37. The Morgan fingerprint density at radius 1 is 1.08 bits per heavy atom. The van der Waals surface area contributed by atoms with Gasteiger partial charge < -0.3 is 25.0 Å². The van der Waals surface area contributed by atoms with Crippen LogP contribution in [0.5, 0.6) is 11.5 Å². The highest BCUT2D eigenvalue weighted by Gasteiger charge is 2.52. The quantitative estimate of drug-likeness (QED) is 0.451. The fourth-order valence-corrected chi connectivity index (χ4v) is 6.83. The maximum absolute atomic E-state index is 13.6. The van der Waals surface area contributed by atoms with E-state index in [0.29, 0.717) is 5.75 Å². The molecule has 1 heterocycles. The van der Waals surface area contributed by atoms with Crippen molar-refractivity contribution in [1.82, 2.24) is 15.1 Å². The second-order valence-electron chi connectivity index (χ2n) is 12.1. The molecule has 2 fully saturated rings. The largest absolute Gasteiger partial charge is 0.493 e. The Hall–Kier alpha value is -2.91. The summed E-state index contributed by atoms with van der Waals surface area (Å²) < 4.78 is 38.1. The lowest BCUT2D eigenvalue weighted by Crippen LogP contribution is -2.54. The fraction of sp³-hybridized carbons (Fsp3) is 0.567. The molecule has 7 nitrogen and oxygen atoms in total. The van der Waals surface area contributed by atoms with Gasteiger partial charge in [0, 0.05) is 42.3 Å². The first-order valence-corrected chi connectivity index (χ1v) is 13.6. The summed E-state index contributed by atoms with van der Waals surface area (Å²) >= 11 is 0. The van der Waals surface area contributed by atoms with Gasteiger partial charge in [-0.3, -0.25) is 4.90 Å². The first-order chi connectivity index (χ1) is 18.5. The van der Waals surface area contributed by atoms with Crippen molar-refractivity contribution in [2.75, 3.05) is 53.3 Å². The number of hydrogen-bond acceptors (Lipinski definition) is 5. The first-order valence-electron chi connectivity index (χ1n) is 13.6. The van der Waals surface area contributed by atoms with Gasteiger partial charge in [-0.25, -0.2) is 13.6 Å². The number of carbonyl (C=O) groups is 1. The van der Waals surface area contributed by atoms with Crippen LogP contribution in [-0.2, 0) is 5.41 Å². The zero-order valence-electron chi connectivity index (χ0n) is 23.9. The molecule has 1 aliphatic carbocycles. The zero-order chi connectivity index (χ0) is 28.4. The smallest absolute Gasteiger partial charge is 0.319 e. The van der Waals surface area contributed by atoms with E-state index in [4.69, 9.17) is 9.47 Å². The minimum atomic E-state index is -0.993. The number of anilines is 1. The predicted octanol–water partition coefficient (Wildman–Crippen LogP) is 5.26. The number of benzene rings is 2. The Kier molecular flexibility index (Phi) is 8.71. The van der Waals surface area contributed by atoms with Crippen LogP contribution in [0.25, 0.3) is 0 Å². The van der Waals surface area contributed by atoms with E-state index >= 15 is 0 Å². The highest BCUT2D eigenvalue weighted by atomic mass is 19.2. The van der Waals surface area contributed by atoms with Crippen molar-refractivity contribution in [2.24, 2.45) is 5.41 Å². The van der Waals surface area contributed by atoms with E-state index in [-0.39, 0.29) is 28.6 Å². The molecule has 1 aliphatic heterocycles. The Balaban J connectivity index is 1.57. The van der Waals surface area contributed by atoms with Crippen molar-refractivity contribution < 1.29 is 23.0 Å². The molecule has 2 aliphatic rings. The van der Waals surface area contributed by atoms with Crippen LogP contribution >= 0.6 is 0 Å². The number of rotatable bonds is 9. The van der Waals surface area contributed by atoms with Gasteiger partial charge in [-0.15, -0.1) is 0 Å². The van der Waals surface area contributed by atoms with E-state index < -0.39 is 17.7 Å². The third-order valence-electron chi connectivity index (χ3n) is 8.22. The van der Waals surface area contributed by atoms with Gasteiger partial charge in [0.25, 0.3) is 0 Å². The monoisotopic (exact) mass is 544 g/mol. The lowest BCUT2D eigenvalue weighted by molar-refractivity contribution is 0.0885. The van der Waals surface area contributed by atoms with Crippen LogP contribution in [0, 0.1) is 17.0 Å². The summed E-state index contributed by atoms with van der Waals surface area (Å²) in [7, 11) is 7.51. The van der Waals surface area contributed by atoms with Gasteiger partial charge >= 0.3 is 6.03 Å². The maximum Gasteiger partial charge on any atom is 0.319 e. The highest BCUT2D eigenvalue weighted by molar-refractivity contribution is 5.89. The van der Waals surface area contributed by atoms with Crippen molar-refractivity contribution in [3.63, 3.8) is 0 Å². The van der Waals surface area contributed by atoms with Gasteiger partial charge in [-0.2, -0.15) is 0 Å². The predicted molar refractivity (Wildman–Crippen MR) is 150 cm³/mol. The molecule has 2 N–H and O–H groups in total. The summed E-state index contributed by atoms with van der Waals surface area (Å²) in [6.07, 6.45) is 3.54. The lowest BCUT2D eigenvalue weighted by atomic mass is 9.65. The summed E-state index contributed by atoms with van der Waals surface area (Å²) in [5, 5.41) is 5.74. The van der Waals surface area contributed by atoms with Gasteiger partial charge in [0.15, 0.2) is 23.1 Å². The second-order valence-corrected chi connectivity index (χ2v) is 12.1. The molecule has 0 spiro atoms. The number of halogens is 2. The molecule has 0 radical (unpaired) electrons. The summed E-state index contributed by atoms with van der Waals surface area (Å²) in [5.74, 6) is -0.508. The average Bonchev–Trinajstić information content (AvgIpc) is 3.23. The van der Waals surface area contributed by atoms with Crippen molar-refractivity contribution in [3.8, 4) is 11.5 Å². The maximum atomic E-state index is 13.6. The number of urea groups is 1. The molecule has 214 valence electrons. The molecule has 2 amide bonds. The average molecular weight is 545 g/mol. The third-order valence-corrected chi connectivity index (χ3v) is 8.22. The van der Waals surface area contributed by atoms with Crippen molar-refractivity contribution in [1.29, 1.82) is 0 Å². The SMILES string of the molecule is COc1ccc([C@@]23CC[C@@H](NC(=O)Nc4ccc(F)c(F)c4)C[C@@H]2N(CC(C)(C)CN(C)C)CC3)cc1OC. The van der Waals surface area contributed by atoms with E-state index in [1.54, 1.807) is 14.2 Å². The van der Waals surface area contributed by atoms with Gasteiger partial charge in [0.05, 0.1) is 14.2 Å². The number of nitrogens with zero attached hydrogens (tertiary/aromatic N) is 2. The number of methoxy groups -OCH3 is 2. The number of ether oxygens (including phenoxy) is 2. The minimum Gasteiger partial charge on any atom is -0.493 e. The molecule has 2 aromatic rings. The third kappa shape index (κ3) is 6.47. The lowest BCUT2D eigenvalue weighted by Gasteiger charge is -2.47. The number of amides is 2. The molecule has 9 heteroatoms. The molecule has 1 saturated carbocycles. The second kappa shape index (κ2) is 11.7. The topological polar surface area (TPSA) is 66.1 Å². The summed E-state index contributed by atoms with van der Waals surface area (Å²) in [4.78, 5) is 17.6. The molecule has 1 saturated heterocycles. The highest BCUT2D eigenvalue weighted by Crippen LogP contribution is 2.51. The Labute approximate surface area is 230 Å². The van der Waals surface area contributed by atoms with Gasteiger partial charge in [0.1, 0.15) is 0 Å². The molecule has 0 unspecified atom stereocenters. The van der Waals surface area contributed by atoms with Crippen molar-refractivity contribution >= 4 is 11.7 Å². The van der Waals surface area contributed by atoms with Gasteiger partial charge in [0.2, 0.25) is 0 Å². The van der Waals surface area contributed by atoms with Crippen LogP contribution in [0.2, 0.25) is 0 Å². The number of carbonyl (C=O) groups excluding carboxylic acids is 1. The molecule has 0 bridgehead atoms. The van der Waals surface area contributed by atoms with E-state index in [1.807, 2.05) is 6.07 Å². The van der Waals surface area contributed by atoms with Gasteiger partial charge in [-0.05, 0) is 81.6 Å². The van der Waals surface area contributed by atoms with E-state index in [1.165, 1.54) is 11.6 Å². The Morgan fingerprint density at radius 3 is 2.49 bits per heavy atom. The summed E-state index contributed by atoms with van der Waals surface area (Å²) in [6.45, 7) is 7.49. The number of hydrogen-bond donors (Lipinski definition) is 2. The van der Waals surface area contributed by atoms with E-state index in [9.17, 15) is 13.6 Å². The Morgan fingerprint density at radius 2 is 1.82 bits per heavy atom. The molecule has 4 rings (SSSR count). The molecular formula is C30H42F2N4O3. The first kappa shape index (κ1) is 29.1. The van der Waals surface area contributed by atoms with Crippen molar-refractivity contribution in [3.05, 3.63) is 53.6 Å². The number of nitrogens with one attached hydrogen (secondary N) is 2. The van der Waals surface area contributed by atoms with Crippen molar-refractivity contribution in [2.45, 2.75) is 57.0 Å². The number of likely N-dealkylation sites (tertiary alicyclic amines) is 1. The standard InChI is InChI=1S/C30H42F2N4O3/c1-29(2,18-35(3)4)19-36-14-13-30(20-7-10-25(38-5)26(15-20)39-6)12-11-22(17-27(30)36)34-28(37)33-21-8-9-23(31)24(32)16-21/h7-10,15-16,22,27H,11-14,17-19H2,1-6H3,(H2,33,34,37)/t22-,27+,30+/m1/s1. The van der Waals surface area contributed by atoms with Crippen LogP contribution in [0.1, 0.15) is 45.1 Å². The molecular weight excluding hydrogens is 502 g/mol. The minimum absolute atomic E-state index is 0.0499. The normalized spacial score (nSPS) is 23.4. The van der Waals surface area contributed by atoms with Crippen LogP contribution in [0.4, 0.5) is 19.3 Å². The molecule has 2 aromatic carbocycles. The summed E-state index contributed by atoms with van der Waals surface area (Å²) in [5.41, 5.74) is 1.47. The number of fused-ring (bicyclic) bond motifs is 1. The van der Waals surface area contributed by atoms with Gasteiger partial charge in [-0.1, -0.05) is 19.9 Å². The molecule has 0 aromatic heterocycles. The van der Waals surface area contributed by atoms with Crippen LogP contribution in [0.3, 0.4) is 0 Å². The fourth-order valence-electron chi connectivity index (χ4n) is 6.83. The molecule has 39 heavy (non-hydrogen) atoms. The molecule has 3 atom stereocenters. The van der Waals surface area contributed by atoms with E-state index in [0.717, 1.165) is 63.2 Å². The van der Waals surface area contributed by atoms with E-state index in [2.05, 4.69) is 60.5 Å². The zero-order valence-corrected chi connectivity index (χ0v) is 23.9.